The average molecular weight is 1310 g/mol. The average Bonchev–Trinajstić information content (AvgIpc) is 3.47. The molecule has 1 aliphatic heterocycles. The summed E-state index contributed by atoms with van der Waals surface area (Å²) in [6.45, 7) is 0. The van der Waals surface area contributed by atoms with E-state index in [-0.39, 0.29) is 77.7 Å². The third-order valence-corrected chi connectivity index (χ3v) is 14.0. The van der Waals surface area contributed by atoms with Gasteiger partial charge in [-0.1, -0.05) is 0 Å². The molecule has 0 fully saturated rings. The maximum absolute atomic E-state index is 9.91. The number of hydrogen-bond donors (Lipinski definition) is 0. The van der Waals surface area contributed by atoms with Gasteiger partial charge in [-0.2, -0.15) is 0 Å². The summed E-state index contributed by atoms with van der Waals surface area (Å²) in [7, 11) is -12.2. The van der Waals surface area contributed by atoms with Crippen LogP contribution in [0.15, 0.2) is 170 Å². The van der Waals surface area contributed by atoms with Crippen molar-refractivity contribution in [2.75, 3.05) is 0 Å². The van der Waals surface area contributed by atoms with Crippen molar-refractivity contribution < 1.29 is 126 Å². The normalized spacial score (nSPS) is 11.9. The van der Waals surface area contributed by atoms with Crippen LogP contribution in [-0.2, 0) is 0 Å². The number of fused-ring (bicyclic) bond motifs is 3. The molecule has 0 atom stereocenters. The summed E-state index contributed by atoms with van der Waals surface area (Å²) in [4.78, 5) is 0. The Hall–Kier alpha value is -2.30. The molecule has 22 heteroatoms. The zero-order chi connectivity index (χ0) is 41.0. The molecule has 0 radical (unpaired) electrons. The van der Waals surface area contributed by atoms with Gasteiger partial charge in [0.05, 0.1) is 0 Å². The van der Waals surface area contributed by atoms with Crippen LogP contribution < -0.4 is 63.6 Å². The van der Waals surface area contributed by atoms with Crippen LogP contribution in [0.5, 0.6) is 0 Å². The first-order chi connectivity index (χ1) is 25.6. The van der Waals surface area contributed by atoms with Crippen molar-refractivity contribution in [2.45, 2.75) is 0 Å². The standard InChI is InChI=1S/C12H8I.2C12H10I.BF3.F5P.8FH.Sb/c1-3-7-11-9(5-1)10-6-2-4-8-12(10)13-11;2*1-3-7-11(8-4-1)13-12-9-5-2-6-10-12;2-1(3)4;1-6(2,3,4)5;;;;;;;;;/h1-8H;2*1-10H;;;8*1H;/q3*-1;;;;;;;;;;;+5/p-5. The van der Waals surface area contributed by atoms with Gasteiger partial charge in [0, 0.05) is 0 Å². The molecule has 1 aliphatic rings. The first kappa shape index (κ1) is 57.8. The molecule has 324 valence electrons. The Morgan fingerprint density at radius 3 is 0.759 bits per heavy atom. The Morgan fingerprint density at radius 2 is 0.552 bits per heavy atom. The van der Waals surface area contributed by atoms with Gasteiger partial charge in [0.1, 0.15) is 0 Å². The maximum atomic E-state index is 9.91. The van der Waals surface area contributed by atoms with Gasteiger partial charge in [-0.25, -0.2) is 0 Å². The molecular weight excluding hydrogens is 1280 g/mol. The summed E-state index contributed by atoms with van der Waals surface area (Å²) in [5.41, 5.74) is 2.93. The molecule has 7 rings (SSSR count). The molecule has 0 saturated heterocycles. The monoisotopic (exact) mass is 1310 g/mol. The Kier molecular flexibility index (Phi) is 27.4. The van der Waals surface area contributed by atoms with Crippen molar-refractivity contribution >= 4 is 36.0 Å². The van der Waals surface area contributed by atoms with Gasteiger partial charge < -0.3 is 0 Å². The van der Waals surface area contributed by atoms with Gasteiger partial charge >= 0.3 is 337 Å². The van der Waals surface area contributed by atoms with Gasteiger partial charge in [-0.05, 0) is 0 Å². The first-order valence-electron chi connectivity index (χ1n) is 15.0. The van der Waals surface area contributed by atoms with E-state index in [1.807, 2.05) is 0 Å². The van der Waals surface area contributed by atoms with E-state index < -0.39 is 36.0 Å². The van der Waals surface area contributed by atoms with E-state index in [4.69, 9.17) is 0 Å². The molecule has 0 spiro atoms. The van der Waals surface area contributed by atoms with Crippen LogP contribution in [0.3, 0.4) is 0 Å². The molecule has 0 nitrogen and oxygen atoms in total. The van der Waals surface area contributed by atoms with Crippen LogP contribution in [0, 0.1) is 21.4 Å². The molecule has 58 heavy (non-hydrogen) atoms. The molecule has 0 aliphatic carbocycles. The molecule has 0 N–H and O–H groups in total. The second-order valence-corrected chi connectivity index (χ2v) is 23.8. The zero-order valence-electron chi connectivity index (χ0n) is 28.9. The summed E-state index contributed by atoms with van der Waals surface area (Å²) < 4.78 is 137. The van der Waals surface area contributed by atoms with Crippen molar-refractivity contribution in [1.82, 2.24) is 0 Å². The summed E-state index contributed by atoms with van der Waals surface area (Å²) in [5.74, 6) is 0. The molecule has 0 unspecified atom stereocenters. The summed E-state index contributed by atoms with van der Waals surface area (Å²) in [6.07, 6.45) is 0. The Bertz CT molecular complexity index is 1730. The minimum atomic E-state index is -9.19. The summed E-state index contributed by atoms with van der Waals surface area (Å²) >= 11 is -9.03. The molecule has 0 saturated carbocycles. The van der Waals surface area contributed by atoms with Gasteiger partial charge in [0.15, 0.2) is 0 Å². The fourth-order valence-corrected chi connectivity index (χ4v) is 11.3. The van der Waals surface area contributed by atoms with E-state index in [2.05, 4.69) is 170 Å². The van der Waals surface area contributed by atoms with Crippen molar-refractivity contribution in [3.63, 3.8) is 0 Å². The second kappa shape index (κ2) is 27.5. The van der Waals surface area contributed by atoms with E-state index in [0.29, 0.717) is 0 Å². The summed E-state index contributed by atoms with van der Waals surface area (Å²) in [5, 5.41) is 0. The predicted octanol–water partition coefficient (Wildman–Crippen LogP) is 5.45. The van der Waals surface area contributed by atoms with Crippen LogP contribution in [-0.4, -0.2) is 27.8 Å². The molecule has 6 aromatic rings. The van der Waals surface area contributed by atoms with Crippen molar-refractivity contribution in [1.29, 1.82) is 0 Å². The van der Waals surface area contributed by atoms with Crippen molar-refractivity contribution in [2.24, 2.45) is 0 Å². The Balaban J connectivity index is 0. The van der Waals surface area contributed by atoms with Crippen LogP contribution in [0.4, 0.5) is 62.1 Å². The van der Waals surface area contributed by atoms with E-state index in [0.717, 1.165) is 0 Å². The SMILES string of the molecule is F.F.F.FB(F)F.FP(F)(F)(F)F.[F][Sb]([F])([F])([F])[F].c1ccc([I-]c2ccccc2)cc1.c1ccc([I-]c2ccccc2)cc1.c1ccc2c(c1)[I-]c1ccccc1-2. The quantitative estimate of drug-likeness (QED) is 0.0955. The Morgan fingerprint density at radius 1 is 0.379 bits per heavy atom. The van der Waals surface area contributed by atoms with Crippen LogP contribution >= 0.6 is 8.16 Å². The zero-order valence-corrected chi connectivity index (χ0v) is 38.8. The van der Waals surface area contributed by atoms with Gasteiger partial charge in [-0.3, -0.25) is 27.1 Å². The number of halogens is 19. The number of hydrogen-bond acceptors (Lipinski definition) is 0. The molecule has 0 bridgehead atoms. The molecular formula is C36H31BF16I3PSb-3. The molecule has 0 amide bonds. The third-order valence-electron chi connectivity index (χ3n) is 5.61. The van der Waals surface area contributed by atoms with Gasteiger partial charge in [0.2, 0.25) is 0 Å². The third kappa shape index (κ3) is 32.5. The predicted molar refractivity (Wildman–Crippen MR) is 190 cm³/mol. The van der Waals surface area contributed by atoms with Gasteiger partial charge in [0.25, 0.3) is 0 Å². The topological polar surface area (TPSA) is 0 Å². The molecule has 1 heterocycles. The minimum absolute atomic E-state index is 0. The molecule has 0 aromatic heterocycles. The van der Waals surface area contributed by atoms with Crippen molar-refractivity contribution in [3.05, 3.63) is 191 Å². The van der Waals surface area contributed by atoms with Crippen molar-refractivity contribution in [3.8, 4) is 11.1 Å². The summed E-state index contributed by atoms with van der Waals surface area (Å²) in [6, 6.07) is 60.4. The van der Waals surface area contributed by atoms with E-state index in [1.54, 1.807) is 7.14 Å². The van der Waals surface area contributed by atoms with E-state index in [9.17, 15) is 48.0 Å². The van der Waals surface area contributed by atoms with Crippen LogP contribution in [0.2, 0.25) is 0 Å². The van der Waals surface area contributed by atoms with Crippen LogP contribution in [0.1, 0.15) is 0 Å². The fourth-order valence-electron chi connectivity index (χ4n) is 3.80. The molecule has 6 aromatic carbocycles. The number of benzene rings is 6. The van der Waals surface area contributed by atoms with Crippen LogP contribution in [0.25, 0.3) is 11.1 Å². The van der Waals surface area contributed by atoms with Gasteiger partial charge in [-0.15, -0.1) is 0 Å². The first-order valence-corrected chi connectivity index (χ1v) is 28.0. The van der Waals surface area contributed by atoms with E-state index >= 15 is 0 Å². The fraction of sp³-hybridized carbons (Fsp3) is 0. The second-order valence-electron chi connectivity index (χ2n) is 9.95. The number of rotatable bonds is 4. The Labute approximate surface area is 360 Å². The van der Waals surface area contributed by atoms with E-state index in [1.165, 1.54) is 25.4 Å².